The van der Waals surface area contributed by atoms with Gasteiger partial charge >= 0.3 is 0 Å². The maximum Gasteiger partial charge on any atom is 0.223 e. The van der Waals surface area contributed by atoms with E-state index in [1.54, 1.807) is 0 Å². The van der Waals surface area contributed by atoms with Gasteiger partial charge in [0.25, 0.3) is 0 Å². The molecule has 1 fully saturated rings. The number of hydrogen-bond donors (Lipinski definition) is 1. The lowest BCUT2D eigenvalue weighted by Gasteiger charge is -2.38. The molecule has 2 unspecified atom stereocenters. The first-order chi connectivity index (χ1) is 9.08. The summed E-state index contributed by atoms with van der Waals surface area (Å²) in [5.74, 6) is 0.267. The zero-order valence-corrected chi connectivity index (χ0v) is 14.3. The molecule has 1 aliphatic heterocycles. The lowest BCUT2D eigenvalue weighted by Crippen LogP contribution is -2.57. The van der Waals surface area contributed by atoms with Gasteiger partial charge < -0.3 is 10.2 Å². The quantitative estimate of drug-likeness (QED) is 0.897. The minimum absolute atomic E-state index is 0. The minimum atomic E-state index is 0. The van der Waals surface area contributed by atoms with Crippen molar-refractivity contribution in [2.75, 3.05) is 13.1 Å². The average molecular weight is 362 g/mol. The number of carbonyl (C=O) groups excluding carboxylic acids is 1. The first-order valence-electron chi connectivity index (χ1n) is 6.85. The number of benzene rings is 1. The number of piperazine rings is 1. The monoisotopic (exact) mass is 360 g/mol. The van der Waals surface area contributed by atoms with Crippen LogP contribution in [0.3, 0.4) is 0 Å². The number of carbonyl (C=O) groups is 1. The molecule has 0 aromatic heterocycles. The molecule has 3 nitrogen and oxygen atoms in total. The lowest BCUT2D eigenvalue weighted by atomic mass is 10.0. The van der Waals surface area contributed by atoms with Crippen molar-refractivity contribution in [3.8, 4) is 0 Å². The van der Waals surface area contributed by atoms with Crippen molar-refractivity contribution in [2.24, 2.45) is 0 Å². The van der Waals surface area contributed by atoms with Crippen LogP contribution in [0.15, 0.2) is 28.7 Å². The summed E-state index contributed by atoms with van der Waals surface area (Å²) in [5, 5.41) is 3.40. The molecule has 1 heterocycles. The van der Waals surface area contributed by atoms with Crippen LogP contribution in [0.1, 0.15) is 25.8 Å². The lowest BCUT2D eigenvalue weighted by molar-refractivity contribution is -0.134. The van der Waals surface area contributed by atoms with Crippen molar-refractivity contribution in [3.63, 3.8) is 0 Å². The molecule has 0 bridgehead atoms. The minimum Gasteiger partial charge on any atom is -0.337 e. The zero-order valence-electron chi connectivity index (χ0n) is 11.9. The third-order valence-electron chi connectivity index (χ3n) is 3.90. The first-order valence-corrected chi connectivity index (χ1v) is 7.64. The summed E-state index contributed by atoms with van der Waals surface area (Å²) in [4.78, 5) is 14.3. The summed E-state index contributed by atoms with van der Waals surface area (Å²) < 4.78 is 1.08. The van der Waals surface area contributed by atoms with E-state index in [2.05, 4.69) is 47.2 Å². The van der Waals surface area contributed by atoms with Gasteiger partial charge in [-0.1, -0.05) is 28.1 Å². The Morgan fingerprint density at radius 3 is 2.65 bits per heavy atom. The maximum atomic E-state index is 12.3. The van der Waals surface area contributed by atoms with Crippen molar-refractivity contribution in [3.05, 3.63) is 34.3 Å². The predicted molar refractivity (Wildman–Crippen MR) is 88.4 cm³/mol. The van der Waals surface area contributed by atoms with Gasteiger partial charge in [-0.25, -0.2) is 0 Å². The van der Waals surface area contributed by atoms with E-state index in [1.807, 2.05) is 17.0 Å². The van der Waals surface area contributed by atoms with Crippen LogP contribution in [0.5, 0.6) is 0 Å². The molecule has 20 heavy (non-hydrogen) atoms. The van der Waals surface area contributed by atoms with E-state index >= 15 is 0 Å². The third kappa shape index (κ3) is 4.47. The summed E-state index contributed by atoms with van der Waals surface area (Å²) >= 11 is 3.42. The Bertz CT molecular complexity index is 438. The number of nitrogens with one attached hydrogen (secondary N) is 1. The Balaban J connectivity index is 0.00000200. The molecule has 0 saturated carbocycles. The van der Waals surface area contributed by atoms with Crippen LogP contribution in [0.2, 0.25) is 0 Å². The maximum absolute atomic E-state index is 12.3. The van der Waals surface area contributed by atoms with Gasteiger partial charge in [-0.05, 0) is 38.0 Å². The Kier molecular flexibility index (Phi) is 7.00. The summed E-state index contributed by atoms with van der Waals surface area (Å²) in [5.41, 5.74) is 1.22. The van der Waals surface area contributed by atoms with Crippen molar-refractivity contribution in [1.82, 2.24) is 10.2 Å². The van der Waals surface area contributed by atoms with E-state index in [9.17, 15) is 4.79 Å². The van der Waals surface area contributed by atoms with E-state index in [-0.39, 0.29) is 24.4 Å². The summed E-state index contributed by atoms with van der Waals surface area (Å²) in [6, 6.07) is 8.85. The van der Waals surface area contributed by atoms with Gasteiger partial charge in [0.15, 0.2) is 0 Å². The van der Waals surface area contributed by atoms with Gasteiger partial charge in [-0.2, -0.15) is 0 Å². The number of amides is 1. The number of halogens is 2. The zero-order chi connectivity index (χ0) is 13.8. The van der Waals surface area contributed by atoms with Crippen LogP contribution in [-0.2, 0) is 11.2 Å². The summed E-state index contributed by atoms with van der Waals surface area (Å²) in [6.45, 7) is 5.98. The Labute approximate surface area is 135 Å². The first kappa shape index (κ1) is 17.5. The SMILES string of the molecule is CC1NCCN(C(=O)CCc2ccc(Br)cc2)C1C.Cl. The van der Waals surface area contributed by atoms with Crippen LogP contribution in [0.4, 0.5) is 0 Å². The van der Waals surface area contributed by atoms with Crippen LogP contribution < -0.4 is 5.32 Å². The normalized spacial score (nSPS) is 22.2. The van der Waals surface area contributed by atoms with Crippen molar-refractivity contribution >= 4 is 34.2 Å². The molecule has 0 spiro atoms. The summed E-state index contributed by atoms with van der Waals surface area (Å²) in [7, 11) is 0. The van der Waals surface area contributed by atoms with Gasteiger partial charge in [0.2, 0.25) is 5.91 Å². The smallest absolute Gasteiger partial charge is 0.223 e. The summed E-state index contributed by atoms with van der Waals surface area (Å²) in [6.07, 6.45) is 1.41. The van der Waals surface area contributed by atoms with E-state index in [0.29, 0.717) is 12.5 Å². The molecule has 0 radical (unpaired) electrons. The predicted octanol–water partition coefficient (Wildman–Crippen LogP) is 3.01. The molecular formula is C15H22BrClN2O. The second-order valence-electron chi connectivity index (χ2n) is 5.20. The van der Waals surface area contributed by atoms with Crippen LogP contribution in [0, 0.1) is 0 Å². The van der Waals surface area contributed by atoms with Gasteiger partial charge in [-0.15, -0.1) is 12.4 Å². The molecule has 1 saturated heterocycles. The van der Waals surface area contributed by atoms with Crippen LogP contribution in [0.25, 0.3) is 0 Å². The second-order valence-corrected chi connectivity index (χ2v) is 6.11. The molecule has 1 aromatic rings. The molecule has 1 aliphatic rings. The van der Waals surface area contributed by atoms with Gasteiger partial charge in [-0.3, -0.25) is 4.79 Å². The highest BCUT2D eigenvalue weighted by Gasteiger charge is 2.27. The standard InChI is InChI=1S/C15H21BrN2O.ClH/c1-11-12(2)18(10-9-17-11)15(19)8-5-13-3-6-14(16)7-4-13;/h3-4,6-7,11-12,17H,5,8-10H2,1-2H3;1H. The molecule has 1 aromatic carbocycles. The largest absolute Gasteiger partial charge is 0.337 e. The molecule has 5 heteroatoms. The molecule has 1 N–H and O–H groups in total. The highest BCUT2D eigenvalue weighted by Crippen LogP contribution is 2.14. The Morgan fingerprint density at radius 1 is 1.35 bits per heavy atom. The molecule has 2 atom stereocenters. The average Bonchev–Trinajstić information content (AvgIpc) is 2.41. The van der Waals surface area contributed by atoms with E-state index in [1.165, 1.54) is 5.56 Å². The highest BCUT2D eigenvalue weighted by atomic mass is 79.9. The fraction of sp³-hybridized carbons (Fsp3) is 0.533. The van der Waals surface area contributed by atoms with Crippen molar-refractivity contribution in [1.29, 1.82) is 0 Å². The number of nitrogens with zero attached hydrogens (tertiary/aromatic N) is 1. The molecular weight excluding hydrogens is 340 g/mol. The van der Waals surface area contributed by atoms with Crippen molar-refractivity contribution in [2.45, 2.75) is 38.8 Å². The Morgan fingerprint density at radius 2 is 2.00 bits per heavy atom. The van der Waals surface area contributed by atoms with Gasteiger partial charge in [0.05, 0.1) is 0 Å². The number of aryl methyl sites for hydroxylation is 1. The molecule has 2 rings (SSSR count). The van der Waals surface area contributed by atoms with Crippen molar-refractivity contribution < 1.29 is 4.79 Å². The fourth-order valence-electron chi connectivity index (χ4n) is 2.45. The van der Waals surface area contributed by atoms with Crippen LogP contribution in [-0.4, -0.2) is 36.0 Å². The molecule has 112 valence electrons. The third-order valence-corrected chi connectivity index (χ3v) is 4.42. The number of hydrogen-bond acceptors (Lipinski definition) is 2. The fourth-order valence-corrected chi connectivity index (χ4v) is 2.72. The second kappa shape index (κ2) is 8.01. The van der Waals surface area contributed by atoms with E-state index < -0.39 is 0 Å². The van der Waals surface area contributed by atoms with Crippen LogP contribution >= 0.6 is 28.3 Å². The van der Waals surface area contributed by atoms with Gasteiger partial charge in [0.1, 0.15) is 0 Å². The van der Waals surface area contributed by atoms with Gasteiger partial charge in [0, 0.05) is 36.1 Å². The topological polar surface area (TPSA) is 32.3 Å². The molecule has 1 amide bonds. The van der Waals surface area contributed by atoms with E-state index in [4.69, 9.17) is 0 Å². The number of rotatable bonds is 3. The Hall–Kier alpha value is -0.580. The van der Waals surface area contributed by atoms with E-state index in [0.717, 1.165) is 24.0 Å². The molecule has 0 aliphatic carbocycles. The highest BCUT2D eigenvalue weighted by molar-refractivity contribution is 9.10.